The molecule has 0 heterocycles. The number of benzene rings is 1. The van der Waals surface area contributed by atoms with Crippen molar-refractivity contribution in [3.8, 4) is 0 Å². The molecule has 2 N–H and O–H groups in total. The Morgan fingerprint density at radius 2 is 2.00 bits per heavy atom. The Hall–Kier alpha value is -1.98. The lowest BCUT2D eigenvalue weighted by atomic mass is 9.81. The molecule has 0 aliphatic heterocycles. The number of aliphatic carboxylic acids is 1. The quantitative estimate of drug-likeness (QED) is 0.872. The van der Waals surface area contributed by atoms with Gasteiger partial charge in [-0.1, -0.05) is 13.3 Å². The summed E-state index contributed by atoms with van der Waals surface area (Å²) in [5, 5.41) is 11.8. The highest BCUT2D eigenvalue weighted by Gasteiger charge is 2.32. The number of hydrogen-bond donors (Lipinski definition) is 2. The van der Waals surface area contributed by atoms with Crippen LogP contribution in [0.4, 0.5) is 8.78 Å². The summed E-state index contributed by atoms with van der Waals surface area (Å²) in [6, 6.07) is 2.54. The van der Waals surface area contributed by atoms with Gasteiger partial charge >= 0.3 is 5.97 Å². The molecule has 2 rings (SSSR count). The van der Waals surface area contributed by atoms with E-state index in [1.165, 1.54) is 0 Å². The van der Waals surface area contributed by atoms with Crippen LogP contribution in [0.1, 0.15) is 50.6 Å². The van der Waals surface area contributed by atoms with Crippen LogP contribution in [-0.4, -0.2) is 17.0 Å². The molecule has 3 unspecified atom stereocenters. The van der Waals surface area contributed by atoms with Crippen molar-refractivity contribution in [2.75, 3.05) is 0 Å². The molecule has 1 saturated carbocycles. The van der Waals surface area contributed by atoms with Gasteiger partial charge < -0.3 is 10.4 Å². The monoisotopic (exact) mass is 325 g/mol. The molecule has 1 aromatic rings. The number of nitrogens with one attached hydrogen (secondary N) is 1. The zero-order valence-corrected chi connectivity index (χ0v) is 13.0. The second-order valence-electron chi connectivity index (χ2n) is 6.03. The van der Waals surface area contributed by atoms with E-state index in [9.17, 15) is 18.4 Å². The van der Waals surface area contributed by atoms with Crippen molar-refractivity contribution < 1.29 is 23.5 Å². The zero-order valence-electron chi connectivity index (χ0n) is 13.0. The summed E-state index contributed by atoms with van der Waals surface area (Å²) >= 11 is 0. The molecule has 1 amide bonds. The number of hydrogen-bond acceptors (Lipinski definition) is 2. The van der Waals surface area contributed by atoms with Crippen LogP contribution in [0.3, 0.4) is 0 Å². The third kappa shape index (κ3) is 4.27. The van der Waals surface area contributed by atoms with Gasteiger partial charge in [-0.3, -0.25) is 9.59 Å². The van der Waals surface area contributed by atoms with Gasteiger partial charge in [-0.2, -0.15) is 0 Å². The molecule has 0 bridgehead atoms. The van der Waals surface area contributed by atoms with Gasteiger partial charge in [0.2, 0.25) is 5.91 Å². The average Bonchev–Trinajstić information content (AvgIpc) is 2.55. The summed E-state index contributed by atoms with van der Waals surface area (Å²) < 4.78 is 27.2. The van der Waals surface area contributed by atoms with Crippen LogP contribution in [0.25, 0.3) is 0 Å². The second kappa shape index (κ2) is 7.53. The Morgan fingerprint density at radius 3 is 2.65 bits per heavy atom. The summed E-state index contributed by atoms with van der Waals surface area (Å²) in [5.41, 5.74) is 0.117. The smallest absolute Gasteiger partial charge is 0.306 e. The highest BCUT2D eigenvalue weighted by molar-refractivity contribution is 5.80. The van der Waals surface area contributed by atoms with E-state index < -0.39 is 35.5 Å². The van der Waals surface area contributed by atoms with Crippen LogP contribution in [0, 0.1) is 23.5 Å². The molecule has 0 radical (unpaired) electrons. The number of amides is 1. The van der Waals surface area contributed by atoms with Gasteiger partial charge in [0.25, 0.3) is 0 Å². The Morgan fingerprint density at radius 1 is 1.30 bits per heavy atom. The van der Waals surface area contributed by atoms with E-state index in [2.05, 4.69) is 5.32 Å². The van der Waals surface area contributed by atoms with E-state index in [1.54, 1.807) is 6.92 Å². The Balaban J connectivity index is 2.07. The van der Waals surface area contributed by atoms with Crippen LogP contribution < -0.4 is 5.32 Å². The minimum atomic E-state index is -0.884. The molecule has 1 aromatic carbocycles. The maximum atomic E-state index is 13.9. The summed E-state index contributed by atoms with van der Waals surface area (Å²) in [6.07, 6.45) is 2.59. The molecule has 4 nitrogen and oxygen atoms in total. The molecule has 23 heavy (non-hydrogen) atoms. The van der Waals surface area contributed by atoms with Gasteiger partial charge in [0.05, 0.1) is 12.0 Å². The fraction of sp³-hybridized carbons (Fsp3) is 0.529. The number of rotatable bonds is 5. The maximum absolute atomic E-state index is 13.9. The van der Waals surface area contributed by atoms with E-state index in [0.717, 1.165) is 18.2 Å². The molecule has 3 atom stereocenters. The van der Waals surface area contributed by atoms with Crippen molar-refractivity contribution in [3.05, 3.63) is 35.4 Å². The molecule has 6 heteroatoms. The number of carboxylic acids is 1. The zero-order chi connectivity index (χ0) is 17.0. The standard InChI is InChI=1S/C17H21F2NO3/c1-2-15(13-9-12(18)6-7-14(13)19)20-16(21)10-4-3-5-11(8-10)17(22)23/h6-7,9-11,15H,2-5,8H2,1H3,(H,20,21)(H,22,23). The van der Waals surface area contributed by atoms with Crippen LogP contribution >= 0.6 is 0 Å². The number of carbonyl (C=O) groups excluding carboxylic acids is 1. The van der Waals surface area contributed by atoms with Crippen LogP contribution in [0.5, 0.6) is 0 Å². The predicted molar refractivity (Wildman–Crippen MR) is 80.6 cm³/mol. The molecule has 1 aliphatic carbocycles. The normalized spacial score (nSPS) is 22.4. The van der Waals surface area contributed by atoms with Gasteiger partial charge in [0.15, 0.2) is 0 Å². The van der Waals surface area contributed by atoms with E-state index in [-0.39, 0.29) is 11.5 Å². The van der Waals surface area contributed by atoms with Crippen molar-refractivity contribution in [2.24, 2.45) is 11.8 Å². The minimum Gasteiger partial charge on any atom is -0.481 e. The highest BCUT2D eigenvalue weighted by atomic mass is 19.1. The first-order valence-corrected chi connectivity index (χ1v) is 7.90. The van der Waals surface area contributed by atoms with Crippen molar-refractivity contribution >= 4 is 11.9 Å². The van der Waals surface area contributed by atoms with Crippen LogP contribution in [0.15, 0.2) is 18.2 Å². The Labute approximate surface area is 133 Å². The molecule has 0 aromatic heterocycles. The van der Waals surface area contributed by atoms with Crippen molar-refractivity contribution in [3.63, 3.8) is 0 Å². The Kier molecular flexibility index (Phi) is 5.69. The first-order valence-electron chi connectivity index (χ1n) is 7.90. The summed E-state index contributed by atoms with van der Waals surface area (Å²) in [6.45, 7) is 1.77. The molecule has 0 saturated heterocycles. The fourth-order valence-corrected chi connectivity index (χ4v) is 3.12. The highest BCUT2D eigenvalue weighted by Crippen LogP contribution is 2.30. The second-order valence-corrected chi connectivity index (χ2v) is 6.03. The van der Waals surface area contributed by atoms with Gasteiger partial charge in [0.1, 0.15) is 11.6 Å². The lowest BCUT2D eigenvalue weighted by Crippen LogP contribution is -2.37. The van der Waals surface area contributed by atoms with Gasteiger partial charge in [0, 0.05) is 11.5 Å². The minimum absolute atomic E-state index is 0.117. The molecule has 1 aliphatic rings. The SMILES string of the molecule is CCC(NC(=O)C1CCCC(C(=O)O)C1)c1cc(F)ccc1F. The van der Waals surface area contributed by atoms with Crippen molar-refractivity contribution in [1.29, 1.82) is 0 Å². The number of carbonyl (C=O) groups is 2. The molecular formula is C17H21F2NO3. The first-order chi connectivity index (χ1) is 10.9. The van der Waals surface area contributed by atoms with Crippen LogP contribution in [-0.2, 0) is 9.59 Å². The largest absolute Gasteiger partial charge is 0.481 e. The predicted octanol–water partition coefficient (Wildman–Crippen LogP) is 3.42. The lowest BCUT2D eigenvalue weighted by molar-refractivity contribution is -0.144. The topological polar surface area (TPSA) is 66.4 Å². The van der Waals surface area contributed by atoms with E-state index in [4.69, 9.17) is 5.11 Å². The fourth-order valence-electron chi connectivity index (χ4n) is 3.12. The van der Waals surface area contributed by atoms with Gasteiger partial charge in [-0.25, -0.2) is 8.78 Å². The number of halogens is 2. The number of carboxylic acid groups (broad SMARTS) is 1. The lowest BCUT2D eigenvalue weighted by Gasteiger charge is -2.28. The van der Waals surface area contributed by atoms with Crippen molar-refractivity contribution in [1.82, 2.24) is 5.32 Å². The van der Waals surface area contributed by atoms with Crippen LogP contribution in [0.2, 0.25) is 0 Å². The van der Waals surface area contributed by atoms with E-state index in [0.29, 0.717) is 32.1 Å². The first kappa shape index (κ1) is 17.4. The summed E-state index contributed by atoms with van der Waals surface area (Å²) in [4.78, 5) is 23.5. The Bertz CT molecular complexity index is 591. The summed E-state index contributed by atoms with van der Waals surface area (Å²) in [7, 11) is 0. The third-order valence-electron chi connectivity index (χ3n) is 4.45. The van der Waals surface area contributed by atoms with Crippen molar-refractivity contribution in [2.45, 2.75) is 45.1 Å². The maximum Gasteiger partial charge on any atom is 0.306 e. The molecule has 126 valence electrons. The van der Waals surface area contributed by atoms with Gasteiger partial charge in [-0.15, -0.1) is 0 Å². The molecular weight excluding hydrogens is 304 g/mol. The average molecular weight is 325 g/mol. The third-order valence-corrected chi connectivity index (χ3v) is 4.45. The van der Waals surface area contributed by atoms with E-state index >= 15 is 0 Å². The summed E-state index contributed by atoms with van der Waals surface area (Å²) in [5.74, 6) is -3.19. The van der Waals surface area contributed by atoms with Gasteiger partial charge in [-0.05, 0) is 43.9 Å². The molecule has 0 spiro atoms. The van der Waals surface area contributed by atoms with E-state index in [1.807, 2.05) is 0 Å². The molecule has 1 fully saturated rings.